The molecule has 5 heteroatoms. The molecule has 0 spiro atoms. The van der Waals surface area contributed by atoms with Crippen molar-refractivity contribution in [1.29, 1.82) is 0 Å². The van der Waals surface area contributed by atoms with Crippen molar-refractivity contribution < 1.29 is 9.53 Å². The number of hydrogen-bond acceptors (Lipinski definition) is 3. The van der Waals surface area contributed by atoms with Gasteiger partial charge in [0.15, 0.2) is 5.43 Å². The molecule has 0 aromatic carbocycles. The SMILES string of the molecule is COCC1CCN(C(=O)c2c[nH]c(C)cc2=O)CC1. The smallest absolute Gasteiger partial charge is 0.259 e. The van der Waals surface area contributed by atoms with Crippen molar-refractivity contribution in [3.05, 3.63) is 33.7 Å². The van der Waals surface area contributed by atoms with Gasteiger partial charge in [0.2, 0.25) is 0 Å². The summed E-state index contributed by atoms with van der Waals surface area (Å²) < 4.78 is 5.14. The lowest BCUT2D eigenvalue weighted by atomic mass is 9.97. The largest absolute Gasteiger partial charge is 0.384 e. The number of ether oxygens (including phenoxy) is 1. The second-order valence-electron chi connectivity index (χ2n) is 5.08. The van der Waals surface area contributed by atoms with E-state index >= 15 is 0 Å². The number of likely N-dealkylation sites (tertiary alicyclic amines) is 1. The zero-order chi connectivity index (χ0) is 13.8. The molecule has 0 radical (unpaired) electrons. The summed E-state index contributed by atoms with van der Waals surface area (Å²) in [6.07, 6.45) is 3.38. The maximum absolute atomic E-state index is 12.3. The average Bonchev–Trinajstić information content (AvgIpc) is 2.39. The van der Waals surface area contributed by atoms with Crippen LogP contribution in [0.25, 0.3) is 0 Å². The minimum absolute atomic E-state index is 0.169. The first-order valence-corrected chi connectivity index (χ1v) is 6.59. The van der Waals surface area contributed by atoms with Crippen LogP contribution >= 0.6 is 0 Å². The summed E-state index contributed by atoms with van der Waals surface area (Å²) in [5.41, 5.74) is 0.788. The van der Waals surface area contributed by atoms with E-state index in [-0.39, 0.29) is 16.9 Å². The highest BCUT2D eigenvalue weighted by molar-refractivity contribution is 5.93. The van der Waals surface area contributed by atoms with Crippen molar-refractivity contribution in [3.8, 4) is 0 Å². The highest BCUT2D eigenvalue weighted by Crippen LogP contribution is 2.18. The van der Waals surface area contributed by atoms with Crippen LogP contribution in [0.5, 0.6) is 0 Å². The Balaban J connectivity index is 2.03. The summed E-state index contributed by atoms with van der Waals surface area (Å²) in [5, 5.41) is 0. The molecule has 0 bridgehead atoms. The van der Waals surface area contributed by atoms with Crippen molar-refractivity contribution >= 4 is 5.91 Å². The lowest BCUT2D eigenvalue weighted by molar-refractivity contribution is 0.0612. The Morgan fingerprint density at radius 2 is 2.16 bits per heavy atom. The van der Waals surface area contributed by atoms with Gasteiger partial charge in [0, 0.05) is 44.8 Å². The van der Waals surface area contributed by atoms with Crippen molar-refractivity contribution in [1.82, 2.24) is 9.88 Å². The van der Waals surface area contributed by atoms with E-state index in [1.165, 1.54) is 12.3 Å². The van der Waals surface area contributed by atoms with Crippen LogP contribution in [0.4, 0.5) is 0 Å². The second kappa shape index (κ2) is 6.02. The quantitative estimate of drug-likeness (QED) is 0.891. The molecular formula is C14H20N2O3. The molecule has 1 aliphatic rings. The Morgan fingerprint density at radius 3 is 2.74 bits per heavy atom. The topological polar surface area (TPSA) is 62.4 Å². The molecule has 0 saturated carbocycles. The Hall–Kier alpha value is -1.62. The molecule has 1 saturated heterocycles. The number of aromatic nitrogens is 1. The zero-order valence-corrected chi connectivity index (χ0v) is 11.4. The van der Waals surface area contributed by atoms with Crippen LogP contribution in [0.3, 0.4) is 0 Å². The van der Waals surface area contributed by atoms with Crippen molar-refractivity contribution in [2.24, 2.45) is 5.92 Å². The molecule has 1 aliphatic heterocycles. The molecule has 104 valence electrons. The average molecular weight is 264 g/mol. The van der Waals surface area contributed by atoms with Gasteiger partial charge in [0.1, 0.15) is 5.56 Å². The first-order chi connectivity index (χ1) is 9.11. The third kappa shape index (κ3) is 3.23. The van der Waals surface area contributed by atoms with Crippen LogP contribution in [-0.2, 0) is 4.74 Å². The van der Waals surface area contributed by atoms with Gasteiger partial charge in [-0.3, -0.25) is 9.59 Å². The molecule has 0 unspecified atom stereocenters. The van der Waals surface area contributed by atoms with Crippen LogP contribution in [0, 0.1) is 12.8 Å². The zero-order valence-electron chi connectivity index (χ0n) is 11.4. The van der Waals surface area contributed by atoms with Crippen molar-refractivity contribution in [2.75, 3.05) is 26.8 Å². The predicted molar refractivity (Wildman–Crippen MR) is 72.3 cm³/mol. The summed E-state index contributed by atoms with van der Waals surface area (Å²) in [6.45, 7) is 3.93. The van der Waals surface area contributed by atoms with E-state index in [1.54, 1.807) is 18.9 Å². The highest BCUT2D eigenvalue weighted by Gasteiger charge is 2.24. The lowest BCUT2D eigenvalue weighted by Gasteiger charge is -2.31. The van der Waals surface area contributed by atoms with Gasteiger partial charge in [-0.15, -0.1) is 0 Å². The summed E-state index contributed by atoms with van der Waals surface area (Å²) in [6, 6.07) is 1.46. The van der Waals surface area contributed by atoms with E-state index < -0.39 is 0 Å². The fourth-order valence-corrected chi connectivity index (χ4v) is 2.45. The van der Waals surface area contributed by atoms with Crippen LogP contribution in [-0.4, -0.2) is 42.6 Å². The molecule has 5 nitrogen and oxygen atoms in total. The summed E-state index contributed by atoms with van der Waals surface area (Å²) in [7, 11) is 1.70. The van der Waals surface area contributed by atoms with Crippen molar-refractivity contribution in [2.45, 2.75) is 19.8 Å². The number of H-pyrrole nitrogens is 1. The van der Waals surface area contributed by atoms with Gasteiger partial charge in [0.25, 0.3) is 5.91 Å². The molecule has 1 fully saturated rings. The van der Waals surface area contributed by atoms with E-state index in [9.17, 15) is 9.59 Å². The summed E-state index contributed by atoms with van der Waals surface area (Å²) in [5.74, 6) is 0.350. The number of rotatable bonds is 3. The van der Waals surface area contributed by atoms with Crippen LogP contribution < -0.4 is 5.43 Å². The molecule has 1 amide bonds. The molecule has 1 aromatic rings. The Kier molecular flexibility index (Phi) is 4.37. The Labute approximate surface area is 112 Å². The van der Waals surface area contributed by atoms with Gasteiger partial charge in [-0.25, -0.2) is 0 Å². The molecule has 1 N–H and O–H groups in total. The minimum atomic E-state index is -0.208. The molecule has 1 aromatic heterocycles. The standard InChI is InChI=1S/C14H20N2O3/c1-10-7-13(17)12(8-15-10)14(18)16-5-3-11(4-6-16)9-19-2/h7-8,11H,3-6,9H2,1-2H3,(H,15,17). The van der Waals surface area contributed by atoms with Crippen LogP contribution in [0.15, 0.2) is 17.1 Å². The van der Waals surface area contributed by atoms with Gasteiger partial charge in [-0.05, 0) is 25.7 Å². The molecule has 2 heterocycles. The first-order valence-electron chi connectivity index (χ1n) is 6.59. The Bertz CT molecular complexity index is 502. The number of methoxy groups -OCH3 is 1. The Morgan fingerprint density at radius 1 is 1.47 bits per heavy atom. The summed E-state index contributed by atoms with van der Waals surface area (Å²) in [4.78, 5) is 28.8. The number of hydrogen-bond donors (Lipinski definition) is 1. The van der Waals surface area contributed by atoms with E-state index in [0.717, 1.165) is 25.1 Å². The van der Waals surface area contributed by atoms with Gasteiger partial charge < -0.3 is 14.6 Å². The van der Waals surface area contributed by atoms with E-state index in [0.29, 0.717) is 19.0 Å². The number of carbonyl (C=O) groups is 1. The first kappa shape index (κ1) is 13.8. The number of amides is 1. The fraction of sp³-hybridized carbons (Fsp3) is 0.571. The third-order valence-corrected chi connectivity index (χ3v) is 3.59. The van der Waals surface area contributed by atoms with Crippen LogP contribution in [0.1, 0.15) is 28.9 Å². The van der Waals surface area contributed by atoms with Gasteiger partial charge in [-0.1, -0.05) is 0 Å². The van der Waals surface area contributed by atoms with E-state index in [2.05, 4.69) is 4.98 Å². The fourth-order valence-electron chi connectivity index (χ4n) is 2.45. The highest BCUT2D eigenvalue weighted by atomic mass is 16.5. The lowest BCUT2D eigenvalue weighted by Crippen LogP contribution is -2.41. The summed E-state index contributed by atoms with van der Waals surface area (Å²) >= 11 is 0. The molecular weight excluding hydrogens is 244 g/mol. The van der Waals surface area contributed by atoms with Crippen LogP contribution in [0.2, 0.25) is 0 Å². The number of carbonyl (C=O) groups excluding carboxylic acids is 1. The number of piperidine rings is 1. The number of nitrogens with zero attached hydrogens (tertiary/aromatic N) is 1. The molecule has 2 rings (SSSR count). The minimum Gasteiger partial charge on any atom is -0.384 e. The maximum atomic E-state index is 12.3. The van der Waals surface area contributed by atoms with Gasteiger partial charge in [-0.2, -0.15) is 0 Å². The second-order valence-corrected chi connectivity index (χ2v) is 5.08. The van der Waals surface area contributed by atoms with Gasteiger partial charge in [0.05, 0.1) is 0 Å². The van der Waals surface area contributed by atoms with Crippen molar-refractivity contribution in [3.63, 3.8) is 0 Å². The number of nitrogens with one attached hydrogen (secondary N) is 1. The predicted octanol–water partition coefficient (Wildman–Crippen LogP) is 1.18. The van der Waals surface area contributed by atoms with Gasteiger partial charge >= 0.3 is 0 Å². The normalized spacial score (nSPS) is 16.6. The van der Waals surface area contributed by atoms with E-state index in [4.69, 9.17) is 4.74 Å². The molecule has 0 aliphatic carbocycles. The number of pyridine rings is 1. The van der Waals surface area contributed by atoms with E-state index in [1.807, 2.05) is 0 Å². The third-order valence-electron chi connectivity index (χ3n) is 3.59. The molecule has 19 heavy (non-hydrogen) atoms. The number of aryl methyl sites for hydroxylation is 1. The monoisotopic (exact) mass is 264 g/mol. The number of aromatic amines is 1. The maximum Gasteiger partial charge on any atom is 0.259 e. The molecule has 0 atom stereocenters.